The molecule has 0 radical (unpaired) electrons. The Hall–Kier alpha value is -2.21. The van der Waals surface area contributed by atoms with Gasteiger partial charge < -0.3 is 15.1 Å². The summed E-state index contributed by atoms with van der Waals surface area (Å²) >= 11 is 0. The third kappa shape index (κ3) is 7.51. The van der Waals surface area contributed by atoms with Crippen molar-refractivity contribution in [3.8, 4) is 0 Å². The quantitative estimate of drug-likeness (QED) is 0.341. The summed E-state index contributed by atoms with van der Waals surface area (Å²) in [5.74, 6) is -2.44. The molecular formula is C19H24NO6P. The Kier molecular flexibility index (Phi) is 7.54. The third-order valence-electron chi connectivity index (χ3n) is 4.22. The van der Waals surface area contributed by atoms with Crippen LogP contribution in [-0.4, -0.2) is 39.2 Å². The van der Waals surface area contributed by atoms with Crippen LogP contribution in [0.25, 0.3) is 10.8 Å². The van der Waals surface area contributed by atoms with E-state index in [-0.39, 0.29) is 6.16 Å². The molecular weight excluding hydrogens is 369 g/mol. The van der Waals surface area contributed by atoms with E-state index in [0.29, 0.717) is 12.8 Å². The number of fused-ring (bicyclic) bond motifs is 1. The van der Waals surface area contributed by atoms with Gasteiger partial charge in [0, 0.05) is 12.2 Å². The normalized spacial score (nSPS) is 13.6. The highest BCUT2D eigenvalue weighted by molar-refractivity contribution is 7.55. The Morgan fingerprint density at radius 1 is 0.963 bits per heavy atom. The van der Waals surface area contributed by atoms with Crippen molar-refractivity contribution in [3.63, 3.8) is 0 Å². The molecule has 0 fully saturated rings. The van der Waals surface area contributed by atoms with E-state index in [4.69, 9.17) is 10.2 Å². The van der Waals surface area contributed by atoms with Gasteiger partial charge in [0.2, 0.25) is 0 Å². The maximum absolute atomic E-state index is 12.2. The number of nitrogens with one attached hydrogen (secondary N) is 1. The predicted molar refractivity (Wildman–Crippen MR) is 103 cm³/mol. The van der Waals surface area contributed by atoms with Gasteiger partial charge in [-0.25, -0.2) is 5.09 Å². The number of aryl methyl sites for hydroxylation is 1. The first-order valence-electron chi connectivity index (χ1n) is 8.76. The highest BCUT2D eigenvalue weighted by Gasteiger charge is 2.26. The van der Waals surface area contributed by atoms with E-state index in [2.05, 4.69) is 11.2 Å². The molecule has 7 nitrogen and oxygen atoms in total. The number of unbranched alkanes of at least 4 members (excludes halogenated alkanes) is 1. The third-order valence-corrected chi connectivity index (χ3v) is 5.91. The Morgan fingerprint density at radius 2 is 1.59 bits per heavy atom. The number of carboxylic acid groups (broad SMARTS) is 2. The van der Waals surface area contributed by atoms with Crippen LogP contribution in [0, 0.1) is 0 Å². The number of rotatable bonds is 11. The molecule has 0 saturated heterocycles. The summed E-state index contributed by atoms with van der Waals surface area (Å²) in [5, 5.41) is 22.2. The summed E-state index contributed by atoms with van der Waals surface area (Å²) < 4.78 is 12.2. The zero-order valence-electron chi connectivity index (χ0n) is 14.9. The van der Waals surface area contributed by atoms with Crippen LogP contribution in [0.2, 0.25) is 0 Å². The smallest absolute Gasteiger partial charge is 0.304 e. The van der Waals surface area contributed by atoms with Crippen molar-refractivity contribution in [2.75, 3.05) is 6.16 Å². The van der Waals surface area contributed by atoms with Crippen LogP contribution in [0.5, 0.6) is 0 Å². The first-order chi connectivity index (χ1) is 12.7. The van der Waals surface area contributed by atoms with Gasteiger partial charge in [0.25, 0.3) is 7.52 Å². The van der Waals surface area contributed by atoms with Gasteiger partial charge in [0.1, 0.15) is 0 Å². The van der Waals surface area contributed by atoms with Gasteiger partial charge >= 0.3 is 11.9 Å². The molecule has 27 heavy (non-hydrogen) atoms. The lowest BCUT2D eigenvalue weighted by atomic mass is 10.0. The molecule has 2 aromatic carbocycles. The number of hydrogen-bond donors (Lipinski definition) is 4. The molecule has 0 aliphatic carbocycles. The second-order valence-electron chi connectivity index (χ2n) is 6.59. The molecule has 4 N–H and O–H groups in total. The molecule has 0 aliphatic heterocycles. The molecule has 0 saturated carbocycles. The number of carbonyl (C=O) groups is 2. The van der Waals surface area contributed by atoms with Crippen LogP contribution in [-0.2, 0) is 20.6 Å². The fraction of sp³-hybridized carbons (Fsp3) is 0.368. The van der Waals surface area contributed by atoms with E-state index in [0.717, 1.165) is 22.8 Å². The van der Waals surface area contributed by atoms with Gasteiger partial charge in [-0.2, -0.15) is 0 Å². The SMILES string of the molecule is O=C(O)CC(CC(=O)O)NP(=O)(O)CCCCc1ccc2ccccc2c1. The van der Waals surface area contributed by atoms with Crippen molar-refractivity contribution in [2.45, 2.75) is 38.1 Å². The van der Waals surface area contributed by atoms with Gasteiger partial charge in [0.15, 0.2) is 0 Å². The van der Waals surface area contributed by atoms with Crippen LogP contribution in [0.4, 0.5) is 0 Å². The van der Waals surface area contributed by atoms with E-state index in [1.54, 1.807) is 0 Å². The average Bonchev–Trinajstić information content (AvgIpc) is 2.57. The average molecular weight is 393 g/mol. The molecule has 0 aliphatic rings. The summed E-state index contributed by atoms with van der Waals surface area (Å²) in [5.41, 5.74) is 1.14. The molecule has 2 rings (SSSR count). The fourth-order valence-electron chi connectivity index (χ4n) is 2.98. The van der Waals surface area contributed by atoms with Crippen molar-refractivity contribution in [2.24, 2.45) is 0 Å². The summed E-state index contributed by atoms with van der Waals surface area (Å²) in [4.78, 5) is 31.6. The lowest BCUT2D eigenvalue weighted by molar-refractivity contribution is -0.139. The Labute approximate surface area is 157 Å². The maximum Gasteiger partial charge on any atom is 0.304 e. The minimum Gasteiger partial charge on any atom is -0.481 e. The molecule has 0 bridgehead atoms. The van der Waals surface area contributed by atoms with Gasteiger partial charge in [-0.3, -0.25) is 14.2 Å². The minimum absolute atomic E-state index is 0.0314. The number of carboxylic acids is 2. The standard InChI is InChI=1S/C19H24NO6P/c21-18(22)12-17(13-19(23)24)20-27(25,26)10-4-3-5-14-8-9-15-6-1-2-7-16(15)11-14/h1-2,6-9,11,17H,3-5,10,12-13H2,(H,21,22)(H,23,24)(H2,20,25,26). The van der Waals surface area contributed by atoms with Crippen molar-refractivity contribution in [3.05, 3.63) is 48.0 Å². The summed E-state index contributed by atoms with van der Waals surface area (Å²) in [6, 6.07) is 13.1. The molecule has 8 heteroatoms. The van der Waals surface area contributed by atoms with Crippen molar-refractivity contribution >= 4 is 30.2 Å². The Bertz CT molecular complexity index is 837. The van der Waals surface area contributed by atoms with E-state index in [1.165, 1.54) is 0 Å². The lowest BCUT2D eigenvalue weighted by Crippen LogP contribution is -2.32. The first kappa shape index (κ1) is 21.1. The number of aliphatic carboxylic acids is 2. The van der Waals surface area contributed by atoms with Crippen LogP contribution in [0.15, 0.2) is 42.5 Å². The van der Waals surface area contributed by atoms with Crippen LogP contribution in [0.1, 0.15) is 31.2 Å². The molecule has 1 unspecified atom stereocenters. The fourth-order valence-corrected chi connectivity index (χ4v) is 4.52. The maximum atomic E-state index is 12.2. The largest absolute Gasteiger partial charge is 0.481 e. The molecule has 146 valence electrons. The van der Waals surface area contributed by atoms with Crippen LogP contribution >= 0.6 is 7.52 Å². The zero-order chi connectivity index (χ0) is 19.9. The number of benzene rings is 2. The summed E-state index contributed by atoms with van der Waals surface area (Å²) in [6.45, 7) is 0. The Morgan fingerprint density at radius 3 is 2.22 bits per heavy atom. The zero-order valence-corrected chi connectivity index (χ0v) is 15.8. The summed E-state index contributed by atoms with van der Waals surface area (Å²) in [6.07, 6.45) is 0.865. The molecule has 0 amide bonds. The van der Waals surface area contributed by atoms with E-state index >= 15 is 0 Å². The molecule has 1 atom stereocenters. The highest BCUT2D eigenvalue weighted by atomic mass is 31.2. The van der Waals surface area contributed by atoms with Crippen molar-refractivity contribution < 1.29 is 29.3 Å². The Balaban J connectivity index is 1.83. The van der Waals surface area contributed by atoms with Gasteiger partial charge in [-0.15, -0.1) is 0 Å². The molecule has 0 spiro atoms. The van der Waals surface area contributed by atoms with E-state index < -0.39 is 38.3 Å². The number of hydrogen-bond acceptors (Lipinski definition) is 3. The molecule has 0 heterocycles. The molecule has 2 aromatic rings. The van der Waals surface area contributed by atoms with Gasteiger partial charge in [-0.1, -0.05) is 42.5 Å². The lowest BCUT2D eigenvalue weighted by Gasteiger charge is -2.19. The first-order valence-corrected chi connectivity index (χ1v) is 10.6. The summed E-state index contributed by atoms with van der Waals surface area (Å²) in [7, 11) is -3.80. The van der Waals surface area contributed by atoms with Crippen molar-refractivity contribution in [1.82, 2.24) is 5.09 Å². The highest BCUT2D eigenvalue weighted by Crippen LogP contribution is 2.38. The van der Waals surface area contributed by atoms with E-state index in [9.17, 15) is 19.0 Å². The van der Waals surface area contributed by atoms with Gasteiger partial charge in [-0.05, 0) is 35.6 Å². The van der Waals surface area contributed by atoms with Crippen molar-refractivity contribution in [1.29, 1.82) is 0 Å². The second-order valence-corrected chi connectivity index (χ2v) is 8.69. The van der Waals surface area contributed by atoms with Crippen LogP contribution < -0.4 is 5.09 Å². The predicted octanol–water partition coefficient (Wildman–Crippen LogP) is 3.26. The topological polar surface area (TPSA) is 124 Å². The molecule has 0 aromatic heterocycles. The van der Waals surface area contributed by atoms with Gasteiger partial charge in [0.05, 0.1) is 12.8 Å². The van der Waals surface area contributed by atoms with E-state index in [1.807, 2.05) is 36.4 Å². The minimum atomic E-state index is -3.80. The second kappa shape index (κ2) is 9.65. The monoisotopic (exact) mass is 393 g/mol. The van der Waals surface area contributed by atoms with Crippen LogP contribution in [0.3, 0.4) is 0 Å².